The van der Waals surface area contributed by atoms with Crippen molar-refractivity contribution in [3.05, 3.63) is 50.4 Å². The number of benzene rings is 1. The molecular formula is C14H13ClN2S. The Bertz CT molecular complexity index is 579. The van der Waals surface area contributed by atoms with E-state index in [4.69, 9.17) is 16.9 Å². The van der Waals surface area contributed by atoms with Gasteiger partial charge < -0.3 is 0 Å². The van der Waals surface area contributed by atoms with Crippen LogP contribution >= 0.6 is 22.9 Å². The van der Waals surface area contributed by atoms with Crippen molar-refractivity contribution in [2.45, 2.75) is 26.2 Å². The van der Waals surface area contributed by atoms with E-state index in [-0.39, 0.29) is 5.92 Å². The van der Waals surface area contributed by atoms with E-state index in [1.54, 1.807) is 0 Å². The van der Waals surface area contributed by atoms with Crippen molar-refractivity contribution in [2.24, 2.45) is 0 Å². The number of nitriles is 1. The lowest BCUT2D eigenvalue weighted by atomic mass is 10.1. The van der Waals surface area contributed by atoms with E-state index in [0.717, 1.165) is 32.6 Å². The number of rotatable bonds is 3. The molecule has 0 fully saturated rings. The molecule has 1 aromatic heterocycles. The molecule has 0 saturated carbocycles. The van der Waals surface area contributed by atoms with Gasteiger partial charge in [-0.15, -0.1) is 11.3 Å². The van der Waals surface area contributed by atoms with Gasteiger partial charge in [-0.2, -0.15) is 5.26 Å². The lowest BCUT2D eigenvalue weighted by Gasteiger charge is -1.99. The normalized spacial score (nSPS) is 10.6. The highest BCUT2D eigenvalue weighted by atomic mass is 35.5. The molecule has 1 aromatic carbocycles. The van der Waals surface area contributed by atoms with Gasteiger partial charge in [-0.1, -0.05) is 37.6 Å². The topological polar surface area (TPSA) is 36.7 Å². The number of hydrogen-bond acceptors (Lipinski definition) is 3. The second kappa shape index (κ2) is 5.51. The maximum absolute atomic E-state index is 9.09. The average Bonchev–Trinajstić information content (AvgIpc) is 2.75. The quantitative estimate of drug-likeness (QED) is 0.834. The molecule has 1 heterocycles. The highest BCUT2D eigenvalue weighted by Crippen LogP contribution is 2.26. The van der Waals surface area contributed by atoms with Crippen LogP contribution in [-0.4, -0.2) is 4.98 Å². The van der Waals surface area contributed by atoms with Gasteiger partial charge in [0.25, 0.3) is 0 Å². The van der Waals surface area contributed by atoms with E-state index in [0.29, 0.717) is 0 Å². The molecular weight excluding hydrogens is 264 g/mol. The van der Waals surface area contributed by atoms with Crippen LogP contribution in [0.4, 0.5) is 0 Å². The van der Waals surface area contributed by atoms with Gasteiger partial charge in [0, 0.05) is 11.4 Å². The molecule has 0 aliphatic carbocycles. The van der Waals surface area contributed by atoms with Crippen LogP contribution in [-0.2, 0) is 6.42 Å². The Morgan fingerprint density at radius 3 is 2.50 bits per heavy atom. The molecule has 0 radical (unpaired) electrons. The molecule has 0 amide bonds. The van der Waals surface area contributed by atoms with E-state index in [1.165, 1.54) is 11.3 Å². The Morgan fingerprint density at radius 2 is 2.00 bits per heavy atom. The zero-order valence-electron chi connectivity index (χ0n) is 10.3. The van der Waals surface area contributed by atoms with E-state index in [9.17, 15) is 0 Å². The van der Waals surface area contributed by atoms with Crippen LogP contribution in [0.1, 0.15) is 40.9 Å². The lowest BCUT2D eigenvalue weighted by Crippen LogP contribution is -1.92. The third kappa shape index (κ3) is 2.90. The molecule has 0 unspecified atom stereocenters. The zero-order chi connectivity index (χ0) is 13.1. The monoisotopic (exact) mass is 276 g/mol. The van der Waals surface area contributed by atoms with Crippen molar-refractivity contribution in [3.63, 3.8) is 0 Å². The Hall–Kier alpha value is -1.37. The van der Waals surface area contributed by atoms with E-state index in [2.05, 4.69) is 24.9 Å². The molecule has 0 aliphatic rings. The van der Waals surface area contributed by atoms with Crippen molar-refractivity contribution in [1.82, 2.24) is 4.98 Å². The fraction of sp³-hybridized carbons (Fsp3) is 0.286. The molecule has 0 N–H and O–H groups in total. The van der Waals surface area contributed by atoms with Gasteiger partial charge >= 0.3 is 0 Å². The Labute approximate surface area is 116 Å². The molecule has 2 nitrogen and oxygen atoms in total. The van der Waals surface area contributed by atoms with E-state index in [1.807, 2.05) is 24.3 Å². The minimum absolute atomic E-state index is 0.287. The fourth-order valence-corrected chi connectivity index (χ4v) is 2.88. The number of halogens is 1. The Morgan fingerprint density at radius 1 is 1.33 bits per heavy atom. The summed E-state index contributed by atoms with van der Waals surface area (Å²) in [7, 11) is 0. The van der Waals surface area contributed by atoms with Gasteiger partial charge in [0.2, 0.25) is 0 Å². The summed E-state index contributed by atoms with van der Waals surface area (Å²) in [6.07, 6.45) is 0.753. The molecule has 0 bridgehead atoms. The molecule has 4 heteroatoms. The second-order valence-electron chi connectivity index (χ2n) is 4.39. The van der Waals surface area contributed by atoms with Crippen LogP contribution in [0.2, 0.25) is 5.02 Å². The third-order valence-electron chi connectivity index (χ3n) is 2.61. The molecule has 0 saturated heterocycles. The third-order valence-corrected chi connectivity index (χ3v) is 3.84. The summed E-state index contributed by atoms with van der Waals surface area (Å²) in [5, 5.41) is 10.8. The second-order valence-corrected chi connectivity index (χ2v) is 5.91. The first-order valence-electron chi connectivity index (χ1n) is 5.74. The van der Waals surface area contributed by atoms with E-state index >= 15 is 0 Å². The number of nitrogens with zero attached hydrogens (tertiary/aromatic N) is 2. The first kappa shape index (κ1) is 13.1. The van der Waals surface area contributed by atoms with Crippen LogP contribution in [0.3, 0.4) is 0 Å². The van der Waals surface area contributed by atoms with Gasteiger partial charge in [0.15, 0.2) is 0 Å². The summed E-state index contributed by atoms with van der Waals surface area (Å²) >= 11 is 7.33. The number of aromatic nitrogens is 1. The van der Waals surface area contributed by atoms with Crippen LogP contribution in [0.15, 0.2) is 24.3 Å². The molecule has 92 valence electrons. The van der Waals surface area contributed by atoms with Crippen molar-refractivity contribution >= 4 is 22.9 Å². The summed E-state index contributed by atoms with van der Waals surface area (Å²) < 4.78 is 0. The van der Waals surface area contributed by atoms with Crippen molar-refractivity contribution in [3.8, 4) is 6.07 Å². The smallest absolute Gasteiger partial charge is 0.128 e. The number of hydrogen-bond donors (Lipinski definition) is 0. The summed E-state index contributed by atoms with van der Waals surface area (Å²) in [5.41, 5.74) is 2.07. The van der Waals surface area contributed by atoms with Crippen molar-refractivity contribution in [1.29, 1.82) is 5.26 Å². The molecule has 0 atom stereocenters. The SMILES string of the molecule is CC(C)c1nc(Cc2ccc(Cl)cc2)sc1C#N. The van der Waals surface area contributed by atoms with Crippen LogP contribution in [0.25, 0.3) is 0 Å². The predicted octanol–water partition coefficient (Wildman–Crippen LogP) is 4.38. The minimum atomic E-state index is 0.287. The molecule has 0 aliphatic heterocycles. The van der Waals surface area contributed by atoms with Crippen molar-refractivity contribution < 1.29 is 0 Å². The predicted molar refractivity (Wildman–Crippen MR) is 75.2 cm³/mol. The fourth-order valence-electron chi connectivity index (χ4n) is 1.70. The van der Waals surface area contributed by atoms with Gasteiger partial charge in [0.1, 0.15) is 10.9 Å². The average molecular weight is 277 g/mol. The van der Waals surface area contributed by atoms with Gasteiger partial charge in [0.05, 0.1) is 10.7 Å². The maximum atomic E-state index is 9.09. The number of thiazole rings is 1. The molecule has 0 spiro atoms. The summed E-state index contributed by atoms with van der Waals surface area (Å²) in [5.74, 6) is 0.287. The largest absolute Gasteiger partial charge is 0.244 e. The minimum Gasteiger partial charge on any atom is -0.244 e. The summed E-state index contributed by atoms with van der Waals surface area (Å²) in [6.45, 7) is 4.12. The lowest BCUT2D eigenvalue weighted by molar-refractivity contribution is 0.822. The maximum Gasteiger partial charge on any atom is 0.128 e. The zero-order valence-corrected chi connectivity index (χ0v) is 11.8. The first-order chi connectivity index (χ1) is 8.60. The van der Waals surface area contributed by atoms with Gasteiger partial charge in [-0.3, -0.25) is 0 Å². The van der Waals surface area contributed by atoms with E-state index < -0.39 is 0 Å². The first-order valence-corrected chi connectivity index (χ1v) is 6.93. The summed E-state index contributed by atoms with van der Waals surface area (Å²) in [4.78, 5) is 5.29. The molecule has 2 aromatic rings. The van der Waals surface area contributed by atoms with Crippen LogP contribution < -0.4 is 0 Å². The highest BCUT2D eigenvalue weighted by molar-refractivity contribution is 7.12. The summed E-state index contributed by atoms with van der Waals surface area (Å²) in [6, 6.07) is 9.96. The standard InChI is InChI=1S/C14H13ClN2S/c1-9(2)14-12(8-16)18-13(17-14)7-10-3-5-11(15)6-4-10/h3-6,9H,7H2,1-2H3. The van der Waals surface area contributed by atoms with Crippen LogP contribution in [0.5, 0.6) is 0 Å². The molecule has 18 heavy (non-hydrogen) atoms. The van der Waals surface area contributed by atoms with Crippen LogP contribution in [0, 0.1) is 11.3 Å². The Balaban J connectivity index is 2.25. The van der Waals surface area contributed by atoms with Gasteiger partial charge in [-0.25, -0.2) is 4.98 Å². The van der Waals surface area contributed by atoms with Crippen molar-refractivity contribution in [2.75, 3.05) is 0 Å². The Kier molecular flexibility index (Phi) is 4.00. The highest BCUT2D eigenvalue weighted by Gasteiger charge is 2.13. The molecule has 2 rings (SSSR count). The van der Waals surface area contributed by atoms with Gasteiger partial charge in [-0.05, 0) is 23.6 Å².